The van der Waals surface area contributed by atoms with Gasteiger partial charge >= 0.3 is 0 Å². The van der Waals surface area contributed by atoms with Crippen molar-refractivity contribution in [1.82, 2.24) is 0 Å². The average Bonchev–Trinajstić information content (AvgIpc) is 2.46. The SMILES string of the molecule is COCCc1cccc(-c2ccc(C=O)cc2)c1N. The minimum atomic E-state index is 0.651. The summed E-state index contributed by atoms with van der Waals surface area (Å²) in [6.45, 7) is 0.651. The number of benzene rings is 2. The first kappa shape index (κ1) is 13.3. The molecule has 0 aliphatic rings. The summed E-state index contributed by atoms with van der Waals surface area (Å²) in [5, 5.41) is 0. The predicted molar refractivity (Wildman–Crippen MR) is 77.3 cm³/mol. The van der Waals surface area contributed by atoms with E-state index in [1.165, 1.54) is 0 Å². The molecule has 0 atom stereocenters. The Hall–Kier alpha value is -2.13. The number of hydrogen-bond acceptors (Lipinski definition) is 3. The maximum absolute atomic E-state index is 10.7. The second-order valence-corrected chi connectivity index (χ2v) is 4.36. The fraction of sp³-hybridized carbons (Fsp3) is 0.188. The van der Waals surface area contributed by atoms with Gasteiger partial charge in [-0.3, -0.25) is 4.79 Å². The predicted octanol–water partition coefficient (Wildman–Crippen LogP) is 2.94. The van der Waals surface area contributed by atoms with Crippen molar-refractivity contribution in [2.75, 3.05) is 19.5 Å². The molecular formula is C16H17NO2. The van der Waals surface area contributed by atoms with Gasteiger partial charge in [-0.2, -0.15) is 0 Å². The standard InChI is InChI=1S/C16H17NO2/c1-19-10-9-14-3-2-4-15(16(14)17)13-7-5-12(11-18)6-8-13/h2-8,11H,9-10,17H2,1H3. The maximum atomic E-state index is 10.7. The normalized spacial score (nSPS) is 10.4. The van der Waals surface area contributed by atoms with Gasteiger partial charge in [0.05, 0.1) is 6.61 Å². The van der Waals surface area contributed by atoms with E-state index in [2.05, 4.69) is 0 Å². The van der Waals surface area contributed by atoms with Crippen LogP contribution in [0.15, 0.2) is 42.5 Å². The summed E-state index contributed by atoms with van der Waals surface area (Å²) >= 11 is 0. The zero-order chi connectivity index (χ0) is 13.7. The molecule has 0 amide bonds. The highest BCUT2D eigenvalue weighted by molar-refractivity contribution is 5.81. The lowest BCUT2D eigenvalue weighted by molar-refractivity contribution is 0.112. The highest BCUT2D eigenvalue weighted by atomic mass is 16.5. The minimum absolute atomic E-state index is 0.651. The zero-order valence-corrected chi connectivity index (χ0v) is 10.9. The van der Waals surface area contributed by atoms with Crippen molar-refractivity contribution in [2.24, 2.45) is 0 Å². The number of rotatable bonds is 5. The number of methoxy groups -OCH3 is 1. The number of para-hydroxylation sites is 1. The molecule has 98 valence electrons. The van der Waals surface area contributed by atoms with Gasteiger partial charge in [-0.25, -0.2) is 0 Å². The van der Waals surface area contributed by atoms with Crippen LogP contribution in [0.3, 0.4) is 0 Å². The molecule has 0 radical (unpaired) electrons. The summed E-state index contributed by atoms with van der Waals surface area (Å²) in [5.74, 6) is 0. The van der Waals surface area contributed by atoms with Gasteiger partial charge < -0.3 is 10.5 Å². The molecule has 0 aromatic heterocycles. The molecule has 0 saturated heterocycles. The number of carbonyl (C=O) groups is 1. The van der Waals surface area contributed by atoms with Crippen LogP contribution >= 0.6 is 0 Å². The number of carbonyl (C=O) groups excluding carboxylic acids is 1. The van der Waals surface area contributed by atoms with Crippen LogP contribution in [0.2, 0.25) is 0 Å². The van der Waals surface area contributed by atoms with Gasteiger partial charge in [0.25, 0.3) is 0 Å². The second kappa shape index (κ2) is 6.16. The molecule has 19 heavy (non-hydrogen) atoms. The molecule has 3 nitrogen and oxygen atoms in total. The number of aldehydes is 1. The molecule has 0 unspecified atom stereocenters. The quantitative estimate of drug-likeness (QED) is 0.660. The molecule has 2 N–H and O–H groups in total. The highest BCUT2D eigenvalue weighted by Crippen LogP contribution is 2.29. The van der Waals surface area contributed by atoms with Crippen LogP contribution in [0.5, 0.6) is 0 Å². The van der Waals surface area contributed by atoms with Crippen LogP contribution in [0.4, 0.5) is 5.69 Å². The first-order valence-electron chi connectivity index (χ1n) is 6.18. The molecule has 0 aliphatic carbocycles. The van der Waals surface area contributed by atoms with E-state index in [0.717, 1.165) is 35.1 Å². The van der Waals surface area contributed by atoms with E-state index < -0.39 is 0 Å². The van der Waals surface area contributed by atoms with Crippen molar-refractivity contribution in [3.05, 3.63) is 53.6 Å². The Morgan fingerprint density at radius 1 is 1.16 bits per heavy atom. The monoisotopic (exact) mass is 255 g/mol. The lowest BCUT2D eigenvalue weighted by atomic mass is 9.98. The van der Waals surface area contributed by atoms with E-state index in [0.29, 0.717) is 12.2 Å². The first-order chi connectivity index (χ1) is 9.26. The summed E-state index contributed by atoms with van der Waals surface area (Å²) < 4.78 is 5.08. The largest absolute Gasteiger partial charge is 0.398 e. The van der Waals surface area contributed by atoms with Crippen LogP contribution in [0.25, 0.3) is 11.1 Å². The number of anilines is 1. The van der Waals surface area contributed by atoms with Crippen molar-refractivity contribution in [3.63, 3.8) is 0 Å². The Morgan fingerprint density at radius 3 is 2.53 bits per heavy atom. The summed E-state index contributed by atoms with van der Waals surface area (Å²) in [7, 11) is 1.68. The minimum Gasteiger partial charge on any atom is -0.398 e. The van der Waals surface area contributed by atoms with Crippen LogP contribution < -0.4 is 5.73 Å². The third kappa shape index (κ3) is 3.01. The Morgan fingerprint density at radius 2 is 1.89 bits per heavy atom. The summed E-state index contributed by atoms with van der Waals surface area (Å²) in [5.41, 5.74) is 10.7. The highest BCUT2D eigenvalue weighted by Gasteiger charge is 2.07. The first-order valence-corrected chi connectivity index (χ1v) is 6.18. The average molecular weight is 255 g/mol. The molecule has 0 saturated carbocycles. The van der Waals surface area contributed by atoms with Crippen LogP contribution in [-0.2, 0) is 11.2 Å². The molecular weight excluding hydrogens is 238 g/mol. The summed E-state index contributed by atoms with van der Waals surface area (Å²) in [6, 6.07) is 13.4. The van der Waals surface area contributed by atoms with Gasteiger partial charge in [0, 0.05) is 23.9 Å². The van der Waals surface area contributed by atoms with E-state index >= 15 is 0 Å². The van der Waals surface area contributed by atoms with E-state index in [4.69, 9.17) is 10.5 Å². The Labute approximate surface area is 113 Å². The molecule has 0 fully saturated rings. The topological polar surface area (TPSA) is 52.3 Å². The van der Waals surface area contributed by atoms with Gasteiger partial charge in [0.15, 0.2) is 0 Å². The molecule has 2 aromatic rings. The van der Waals surface area contributed by atoms with Gasteiger partial charge in [-0.1, -0.05) is 42.5 Å². The van der Waals surface area contributed by atoms with Crippen molar-refractivity contribution < 1.29 is 9.53 Å². The van der Waals surface area contributed by atoms with Crippen molar-refractivity contribution >= 4 is 12.0 Å². The number of nitrogens with two attached hydrogens (primary N) is 1. The molecule has 0 aliphatic heterocycles. The van der Waals surface area contributed by atoms with Gasteiger partial charge in [0.1, 0.15) is 6.29 Å². The number of hydrogen-bond donors (Lipinski definition) is 1. The molecule has 0 bridgehead atoms. The Kier molecular flexibility index (Phi) is 4.31. The zero-order valence-electron chi connectivity index (χ0n) is 10.9. The van der Waals surface area contributed by atoms with Crippen LogP contribution in [0.1, 0.15) is 15.9 Å². The summed E-state index contributed by atoms with van der Waals surface area (Å²) in [4.78, 5) is 10.7. The molecule has 0 heterocycles. The lowest BCUT2D eigenvalue weighted by Crippen LogP contribution is -2.01. The number of ether oxygens (including phenoxy) is 1. The van der Waals surface area contributed by atoms with Gasteiger partial charge in [-0.15, -0.1) is 0 Å². The smallest absolute Gasteiger partial charge is 0.150 e. The van der Waals surface area contributed by atoms with Crippen LogP contribution in [-0.4, -0.2) is 20.0 Å². The Balaban J connectivity index is 2.35. The van der Waals surface area contributed by atoms with Crippen molar-refractivity contribution in [3.8, 4) is 11.1 Å². The van der Waals surface area contributed by atoms with Crippen molar-refractivity contribution in [2.45, 2.75) is 6.42 Å². The van der Waals surface area contributed by atoms with Gasteiger partial charge in [0.2, 0.25) is 0 Å². The second-order valence-electron chi connectivity index (χ2n) is 4.36. The maximum Gasteiger partial charge on any atom is 0.150 e. The van der Waals surface area contributed by atoms with Crippen LogP contribution in [0, 0.1) is 0 Å². The molecule has 2 aromatic carbocycles. The summed E-state index contributed by atoms with van der Waals surface area (Å²) in [6.07, 6.45) is 1.63. The fourth-order valence-corrected chi connectivity index (χ4v) is 2.04. The molecule has 0 spiro atoms. The Bertz CT molecular complexity index is 561. The van der Waals surface area contributed by atoms with Crippen molar-refractivity contribution in [1.29, 1.82) is 0 Å². The van der Waals surface area contributed by atoms with E-state index in [-0.39, 0.29) is 0 Å². The third-order valence-electron chi connectivity index (χ3n) is 3.13. The molecule has 2 rings (SSSR count). The third-order valence-corrected chi connectivity index (χ3v) is 3.13. The fourth-order valence-electron chi connectivity index (χ4n) is 2.04. The van der Waals surface area contributed by atoms with Gasteiger partial charge in [-0.05, 0) is 17.5 Å². The molecule has 3 heteroatoms. The number of nitrogen functional groups attached to an aromatic ring is 1. The van der Waals surface area contributed by atoms with E-state index in [1.807, 2.05) is 30.3 Å². The van der Waals surface area contributed by atoms with E-state index in [1.54, 1.807) is 19.2 Å². The van der Waals surface area contributed by atoms with E-state index in [9.17, 15) is 4.79 Å². The lowest BCUT2D eigenvalue weighted by Gasteiger charge is -2.11.